The third kappa shape index (κ3) is 9.43. The summed E-state index contributed by atoms with van der Waals surface area (Å²) in [6.45, 7) is 20.1. The van der Waals surface area contributed by atoms with Gasteiger partial charge >= 0.3 is 0 Å². The van der Waals surface area contributed by atoms with E-state index < -0.39 is 0 Å². The van der Waals surface area contributed by atoms with Crippen LogP contribution in [0.2, 0.25) is 0 Å². The summed E-state index contributed by atoms with van der Waals surface area (Å²) in [5.41, 5.74) is 20.1. The van der Waals surface area contributed by atoms with Crippen molar-refractivity contribution < 1.29 is 25.8 Å². The largest absolute Gasteiger partial charge is 0.509 e. The molecule has 0 bridgehead atoms. The number of fused-ring (bicyclic) bond motifs is 4. The van der Waals surface area contributed by atoms with Gasteiger partial charge in [0.1, 0.15) is 5.82 Å². The molecule has 378 valence electrons. The SMILES string of the molecule is Cc1ccc(-c2cnc(-n3c4[c-]c(Oc5[c-]c(N6[CH-]N(c7c(-c8ccc(C(C)(C)C)cc8)cccc7-c7cccc(-c8ccccc8)c7)c7ccccc76)ccc5)ccc4c4cc(C(C)(C)C)ccc43)cc2C)cc1.[Pt]. The van der Waals surface area contributed by atoms with Crippen LogP contribution < -0.4 is 14.5 Å². The second-order valence-electron chi connectivity index (χ2n) is 21.9. The summed E-state index contributed by atoms with van der Waals surface area (Å²) >= 11 is 0. The minimum absolute atomic E-state index is 0. The molecule has 0 unspecified atom stereocenters. The maximum absolute atomic E-state index is 6.80. The smallest absolute Gasteiger partial charge is 0.135 e. The molecule has 5 nitrogen and oxygen atoms in total. The monoisotopic (exact) mass is 1170 g/mol. The van der Waals surface area contributed by atoms with E-state index in [0.29, 0.717) is 11.5 Å². The van der Waals surface area contributed by atoms with Crippen molar-refractivity contribution in [2.24, 2.45) is 0 Å². The number of anilines is 4. The van der Waals surface area contributed by atoms with Gasteiger partial charge in [-0.2, -0.15) is 12.1 Å². The van der Waals surface area contributed by atoms with Crippen LogP contribution in [0.15, 0.2) is 206 Å². The third-order valence-electron chi connectivity index (χ3n) is 14.7. The predicted molar refractivity (Wildman–Crippen MR) is 313 cm³/mol. The predicted octanol–water partition coefficient (Wildman–Crippen LogP) is 18.9. The number of nitrogens with zero attached hydrogens (tertiary/aromatic N) is 4. The number of hydrogen-bond acceptors (Lipinski definition) is 4. The summed E-state index contributed by atoms with van der Waals surface area (Å²) in [5.74, 6) is 2.00. The summed E-state index contributed by atoms with van der Waals surface area (Å²) in [5, 5.41) is 2.24. The second kappa shape index (κ2) is 19.9. The van der Waals surface area contributed by atoms with Crippen LogP contribution in [0.25, 0.3) is 72.1 Å². The Hall–Kier alpha value is -7.98. The molecular weight excluding hydrogens is 1110 g/mol. The fourth-order valence-corrected chi connectivity index (χ4v) is 10.5. The Morgan fingerprint density at radius 1 is 0.474 bits per heavy atom. The van der Waals surface area contributed by atoms with Crippen LogP contribution in [0.1, 0.15) is 63.8 Å². The number of hydrogen-bond donors (Lipinski definition) is 0. The van der Waals surface area contributed by atoms with E-state index in [1.807, 2.05) is 24.4 Å². The van der Waals surface area contributed by atoms with Crippen molar-refractivity contribution in [1.82, 2.24) is 9.55 Å². The molecule has 0 radical (unpaired) electrons. The minimum atomic E-state index is -0.0242. The quantitative estimate of drug-likeness (QED) is 0.135. The molecule has 1 aliphatic heterocycles. The second-order valence-corrected chi connectivity index (χ2v) is 21.9. The van der Waals surface area contributed by atoms with Crippen molar-refractivity contribution in [2.45, 2.75) is 66.2 Å². The average Bonchev–Trinajstić information content (AvgIpc) is 4.04. The Morgan fingerprint density at radius 2 is 1.08 bits per heavy atom. The maximum atomic E-state index is 6.80. The Balaban J connectivity index is 0.00000616. The molecule has 0 amide bonds. The fraction of sp³-hybridized carbons (Fsp3) is 0.143. The van der Waals surface area contributed by atoms with Gasteiger partial charge in [0.2, 0.25) is 0 Å². The molecule has 3 heterocycles. The topological polar surface area (TPSA) is 33.5 Å². The number of aryl methyl sites for hydroxylation is 2. The summed E-state index contributed by atoms with van der Waals surface area (Å²) in [6, 6.07) is 79.2. The molecule has 0 spiro atoms. The Morgan fingerprint density at radius 3 is 1.80 bits per heavy atom. The average molecular weight is 1170 g/mol. The van der Waals surface area contributed by atoms with Crippen molar-refractivity contribution in [1.29, 1.82) is 0 Å². The van der Waals surface area contributed by atoms with Gasteiger partial charge in [-0.3, -0.25) is 0 Å². The van der Waals surface area contributed by atoms with Gasteiger partial charge in [0.25, 0.3) is 0 Å². The van der Waals surface area contributed by atoms with Gasteiger partial charge in [-0.15, -0.1) is 48.1 Å². The summed E-state index contributed by atoms with van der Waals surface area (Å²) in [7, 11) is 0. The summed E-state index contributed by atoms with van der Waals surface area (Å²) in [4.78, 5) is 9.69. The van der Waals surface area contributed by atoms with Gasteiger partial charge in [-0.25, -0.2) is 4.98 Å². The molecule has 76 heavy (non-hydrogen) atoms. The van der Waals surface area contributed by atoms with Crippen molar-refractivity contribution >= 4 is 44.6 Å². The molecular formula is C70H59N4OPt-3. The molecule has 0 saturated carbocycles. The van der Waals surface area contributed by atoms with E-state index in [0.717, 1.165) is 89.3 Å². The maximum Gasteiger partial charge on any atom is 0.135 e. The van der Waals surface area contributed by atoms with Crippen LogP contribution in [-0.4, -0.2) is 9.55 Å². The molecule has 0 atom stereocenters. The van der Waals surface area contributed by atoms with E-state index in [1.165, 1.54) is 27.8 Å². The zero-order valence-electron chi connectivity index (χ0n) is 44.2. The standard InChI is InChI=1S/C70H59N4O.Pt/c1-46-27-29-50(30-28-46)62-44-71-67(39-47(62)2)74-63-38-35-54(70(6,7)8)41-61(63)60-37-36-57(43-66(60)74)75-56-22-15-21-55(42-56)72-45-73(65-26-13-12-25-64(65)72)68-58(49-31-33-53(34-32-49)69(3,4)5)23-16-24-59(68)52-20-14-19-51(40-52)48-17-10-9-11-18-48;/h9-41,44-45H,1-8H3;/q-3;. The first kappa shape index (κ1) is 50.2. The number of pyridine rings is 1. The first-order valence-corrected chi connectivity index (χ1v) is 25.9. The van der Waals surface area contributed by atoms with Crippen molar-refractivity contribution in [3.05, 3.63) is 247 Å². The molecule has 0 fully saturated rings. The van der Waals surface area contributed by atoms with Crippen LogP contribution in [0.5, 0.6) is 11.5 Å². The van der Waals surface area contributed by atoms with E-state index in [-0.39, 0.29) is 31.9 Å². The van der Waals surface area contributed by atoms with Crippen molar-refractivity contribution in [2.75, 3.05) is 9.80 Å². The molecule has 12 rings (SSSR count). The van der Waals surface area contributed by atoms with E-state index in [1.54, 1.807) is 0 Å². The van der Waals surface area contributed by atoms with Gasteiger partial charge in [-0.05, 0) is 105 Å². The van der Waals surface area contributed by atoms with Crippen LogP contribution in [-0.2, 0) is 31.9 Å². The normalized spacial score (nSPS) is 12.5. The van der Waals surface area contributed by atoms with Gasteiger partial charge in [0.15, 0.2) is 0 Å². The molecule has 0 aliphatic carbocycles. The number of ether oxygens (including phenoxy) is 1. The van der Waals surface area contributed by atoms with Crippen LogP contribution in [0.3, 0.4) is 0 Å². The van der Waals surface area contributed by atoms with Crippen molar-refractivity contribution in [3.8, 4) is 61.8 Å². The Bertz CT molecular complexity index is 3940. The molecule has 0 saturated heterocycles. The summed E-state index contributed by atoms with van der Waals surface area (Å²) < 4.78 is 9.02. The molecule has 6 heteroatoms. The number of benzene rings is 9. The Kier molecular flexibility index (Phi) is 13.2. The fourth-order valence-electron chi connectivity index (χ4n) is 10.5. The van der Waals surface area contributed by atoms with Crippen molar-refractivity contribution in [3.63, 3.8) is 0 Å². The van der Waals surface area contributed by atoms with E-state index >= 15 is 0 Å². The molecule has 9 aromatic carbocycles. The van der Waals surface area contributed by atoms with Crippen LogP contribution >= 0.6 is 0 Å². The van der Waals surface area contributed by atoms with Gasteiger partial charge < -0.3 is 19.1 Å². The number of para-hydroxylation sites is 3. The van der Waals surface area contributed by atoms with Gasteiger partial charge in [0.05, 0.1) is 0 Å². The van der Waals surface area contributed by atoms with E-state index in [9.17, 15) is 0 Å². The first-order chi connectivity index (χ1) is 36.2. The Labute approximate surface area is 462 Å². The molecule has 1 aliphatic rings. The van der Waals surface area contributed by atoms with Crippen LogP contribution in [0.4, 0.5) is 22.7 Å². The zero-order valence-corrected chi connectivity index (χ0v) is 46.5. The minimum Gasteiger partial charge on any atom is -0.509 e. The van der Waals surface area contributed by atoms with E-state index in [4.69, 9.17) is 9.72 Å². The number of rotatable bonds is 9. The molecule has 0 N–H and O–H groups in total. The number of aromatic nitrogens is 2. The van der Waals surface area contributed by atoms with Crippen LogP contribution in [0, 0.1) is 32.6 Å². The first-order valence-electron chi connectivity index (χ1n) is 25.9. The van der Waals surface area contributed by atoms with E-state index in [2.05, 4.69) is 271 Å². The third-order valence-corrected chi connectivity index (χ3v) is 14.7. The van der Waals surface area contributed by atoms with Gasteiger partial charge in [-0.1, -0.05) is 192 Å². The molecule has 11 aromatic rings. The van der Waals surface area contributed by atoms with Gasteiger partial charge in [0, 0.05) is 78.0 Å². The molecule has 2 aromatic heterocycles. The summed E-state index contributed by atoms with van der Waals surface area (Å²) in [6.07, 6.45) is 2.00. The zero-order chi connectivity index (χ0) is 51.6.